The predicted molar refractivity (Wildman–Crippen MR) is 80.2 cm³/mol. The third-order valence-electron chi connectivity index (χ3n) is 3.04. The van der Waals surface area contributed by atoms with E-state index in [2.05, 4.69) is 5.32 Å². The number of hydrogen-bond acceptors (Lipinski definition) is 3. The maximum Gasteiger partial charge on any atom is 0.243 e. The van der Waals surface area contributed by atoms with E-state index in [9.17, 15) is 9.59 Å². The Balaban J connectivity index is 2.55. The van der Waals surface area contributed by atoms with Gasteiger partial charge in [-0.25, -0.2) is 0 Å². The molecule has 0 saturated carbocycles. The van der Waals surface area contributed by atoms with Gasteiger partial charge in [0.1, 0.15) is 0 Å². The molecule has 0 heterocycles. The average Bonchev–Trinajstić information content (AvgIpc) is 2.38. The molecule has 1 unspecified atom stereocenters. The second kappa shape index (κ2) is 7.05. The van der Waals surface area contributed by atoms with Crippen LogP contribution in [0.3, 0.4) is 0 Å². The van der Waals surface area contributed by atoms with Crippen molar-refractivity contribution < 1.29 is 9.59 Å². The van der Waals surface area contributed by atoms with Crippen LogP contribution in [0.15, 0.2) is 30.3 Å². The van der Waals surface area contributed by atoms with Gasteiger partial charge in [0, 0.05) is 12.7 Å². The highest BCUT2D eigenvalue weighted by atomic mass is 16.2. The van der Waals surface area contributed by atoms with Crippen LogP contribution in [0.2, 0.25) is 0 Å². The van der Waals surface area contributed by atoms with Crippen LogP contribution in [0.1, 0.15) is 26.7 Å². The number of para-hydroxylation sites is 1. The summed E-state index contributed by atoms with van der Waals surface area (Å²) >= 11 is 0. The van der Waals surface area contributed by atoms with Crippen LogP contribution in [0, 0.1) is 0 Å². The predicted octanol–water partition coefficient (Wildman–Crippen LogP) is 1.60. The number of nitrogens with one attached hydrogen (secondary N) is 1. The van der Waals surface area contributed by atoms with Crippen molar-refractivity contribution in [2.24, 2.45) is 5.73 Å². The van der Waals surface area contributed by atoms with E-state index in [1.807, 2.05) is 25.1 Å². The number of hydrogen-bond donors (Lipinski definition) is 2. The van der Waals surface area contributed by atoms with Crippen LogP contribution in [0.5, 0.6) is 0 Å². The summed E-state index contributed by atoms with van der Waals surface area (Å²) in [6.07, 6.45) is 1.42. The van der Waals surface area contributed by atoms with Crippen molar-refractivity contribution in [3.63, 3.8) is 0 Å². The maximum absolute atomic E-state index is 12.2. The largest absolute Gasteiger partial charge is 0.335 e. The molecule has 3 N–H and O–H groups in total. The van der Waals surface area contributed by atoms with Crippen LogP contribution in [-0.2, 0) is 9.59 Å². The van der Waals surface area contributed by atoms with Crippen LogP contribution in [0.25, 0.3) is 0 Å². The Labute approximate surface area is 120 Å². The molecule has 0 aliphatic heterocycles. The fourth-order valence-electron chi connectivity index (χ4n) is 2.07. The first-order valence-corrected chi connectivity index (χ1v) is 6.76. The van der Waals surface area contributed by atoms with Gasteiger partial charge in [-0.1, -0.05) is 31.5 Å². The summed E-state index contributed by atoms with van der Waals surface area (Å²) in [6.45, 7) is 3.66. The van der Waals surface area contributed by atoms with Crippen LogP contribution in [0.4, 0.5) is 5.69 Å². The minimum atomic E-state index is -0.920. The van der Waals surface area contributed by atoms with Gasteiger partial charge in [-0.15, -0.1) is 0 Å². The lowest BCUT2D eigenvalue weighted by Gasteiger charge is -2.28. The zero-order chi connectivity index (χ0) is 15.2. The van der Waals surface area contributed by atoms with Gasteiger partial charge >= 0.3 is 0 Å². The van der Waals surface area contributed by atoms with Crippen molar-refractivity contribution in [3.8, 4) is 0 Å². The van der Waals surface area contributed by atoms with Gasteiger partial charge in [0.2, 0.25) is 11.8 Å². The van der Waals surface area contributed by atoms with Crippen molar-refractivity contribution in [2.45, 2.75) is 32.2 Å². The summed E-state index contributed by atoms with van der Waals surface area (Å²) < 4.78 is 0. The Morgan fingerprint density at radius 3 is 2.45 bits per heavy atom. The number of carbonyl (C=O) groups is 2. The van der Waals surface area contributed by atoms with Crippen molar-refractivity contribution in [3.05, 3.63) is 30.3 Å². The first kappa shape index (κ1) is 16.2. The summed E-state index contributed by atoms with van der Waals surface area (Å²) in [6, 6.07) is 9.13. The summed E-state index contributed by atoms with van der Waals surface area (Å²) in [5.74, 6) is -0.457. The number of anilines is 1. The van der Waals surface area contributed by atoms with E-state index in [0.717, 1.165) is 6.42 Å². The molecule has 0 fully saturated rings. The fraction of sp³-hybridized carbons (Fsp3) is 0.467. The maximum atomic E-state index is 12.2. The van der Waals surface area contributed by atoms with Gasteiger partial charge in [-0.3, -0.25) is 9.59 Å². The lowest BCUT2D eigenvalue weighted by atomic mass is 9.96. The zero-order valence-corrected chi connectivity index (χ0v) is 12.3. The third-order valence-corrected chi connectivity index (χ3v) is 3.04. The molecular formula is C15H23N3O2. The molecule has 0 aliphatic rings. The van der Waals surface area contributed by atoms with Gasteiger partial charge in [0.15, 0.2) is 0 Å². The molecule has 2 amide bonds. The van der Waals surface area contributed by atoms with E-state index >= 15 is 0 Å². The quantitative estimate of drug-likeness (QED) is 0.829. The van der Waals surface area contributed by atoms with E-state index in [0.29, 0.717) is 12.1 Å². The molecule has 5 heteroatoms. The summed E-state index contributed by atoms with van der Waals surface area (Å²) in [5, 5.41) is 2.74. The minimum absolute atomic E-state index is 0.00969. The Hall–Kier alpha value is -1.88. The lowest BCUT2D eigenvalue weighted by molar-refractivity contribution is -0.137. The molecule has 5 nitrogen and oxygen atoms in total. The smallest absolute Gasteiger partial charge is 0.243 e. The van der Waals surface area contributed by atoms with Gasteiger partial charge in [0.05, 0.1) is 12.1 Å². The first-order valence-electron chi connectivity index (χ1n) is 6.76. The molecule has 0 radical (unpaired) electrons. The molecule has 1 aromatic rings. The topological polar surface area (TPSA) is 75.4 Å². The van der Waals surface area contributed by atoms with Gasteiger partial charge in [-0.05, 0) is 25.5 Å². The van der Waals surface area contributed by atoms with E-state index in [1.54, 1.807) is 26.1 Å². The number of nitrogens with zero attached hydrogens (tertiary/aromatic N) is 1. The number of amides is 2. The van der Waals surface area contributed by atoms with Crippen molar-refractivity contribution >= 4 is 17.5 Å². The van der Waals surface area contributed by atoms with E-state index < -0.39 is 5.54 Å². The number of rotatable bonds is 6. The molecule has 0 aromatic heterocycles. The first-order chi connectivity index (χ1) is 9.36. The van der Waals surface area contributed by atoms with E-state index in [-0.39, 0.29) is 18.4 Å². The SMILES string of the molecule is CCCC(C)(N)C(=O)N(C)CC(=O)Nc1ccccc1. The number of benzene rings is 1. The Kier molecular flexibility index (Phi) is 5.70. The van der Waals surface area contributed by atoms with Gasteiger partial charge in [-0.2, -0.15) is 0 Å². The summed E-state index contributed by atoms with van der Waals surface area (Å²) in [5.41, 5.74) is 5.77. The average molecular weight is 277 g/mol. The fourth-order valence-corrected chi connectivity index (χ4v) is 2.07. The highest BCUT2D eigenvalue weighted by molar-refractivity contribution is 5.95. The molecule has 1 atom stereocenters. The van der Waals surface area contributed by atoms with Crippen molar-refractivity contribution in [1.29, 1.82) is 0 Å². The molecule has 1 rings (SSSR count). The standard InChI is InChI=1S/C15H23N3O2/c1-4-10-15(2,16)14(20)18(3)11-13(19)17-12-8-6-5-7-9-12/h5-9H,4,10-11,16H2,1-3H3,(H,17,19). The number of carbonyl (C=O) groups excluding carboxylic acids is 2. The Morgan fingerprint density at radius 1 is 1.30 bits per heavy atom. The van der Waals surface area contributed by atoms with E-state index in [1.165, 1.54) is 4.90 Å². The molecular weight excluding hydrogens is 254 g/mol. The Morgan fingerprint density at radius 2 is 1.90 bits per heavy atom. The number of nitrogens with two attached hydrogens (primary N) is 1. The Bertz CT molecular complexity index is 457. The molecule has 0 aliphatic carbocycles. The molecule has 0 spiro atoms. The summed E-state index contributed by atoms with van der Waals surface area (Å²) in [7, 11) is 1.59. The lowest BCUT2D eigenvalue weighted by Crippen LogP contribution is -2.53. The highest BCUT2D eigenvalue weighted by Crippen LogP contribution is 2.12. The van der Waals surface area contributed by atoms with Gasteiger partial charge < -0.3 is 16.0 Å². The normalized spacial score (nSPS) is 13.4. The van der Waals surface area contributed by atoms with Crippen molar-refractivity contribution in [2.75, 3.05) is 18.9 Å². The van der Waals surface area contributed by atoms with Gasteiger partial charge in [0.25, 0.3) is 0 Å². The molecule has 1 aromatic carbocycles. The van der Waals surface area contributed by atoms with Crippen LogP contribution >= 0.6 is 0 Å². The summed E-state index contributed by atoms with van der Waals surface area (Å²) in [4.78, 5) is 25.4. The third kappa shape index (κ3) is 4.66. The molecule has 20 heavy (non-hydrogen) atoms. The monoisotopic (exact) mass is 277 g/mol. The highest BCUT2D eigenvalue weighted by Gasteiger charge is 2.30. The molecule has 110 valence electrons. The second-order valence-electron chi connectivity index (χ2n) is 5.24. The van der Waals surface area contributed by atoms with E-state index in [4.69, 9.17) is 5.73 Å². The van der Waals surface area contributed by atoms with Crippen LogP contribution in [-0.4, -0.2) is 35.8 Å². The van der Waals surface area contributed by atoms with Crippen molar-refractivity contribution in [1.82, 2.24) is 4.90 Å². The number of likely N-dealkylation sites (N-methyl/N-ethyl adjacent to an activating group) is 1. The zero-order valence-electron chi connectivity index (χ0n) is 12.3. The molecule has 0 bridgehead atoms. The second-order valence-corrected chi connectivity index (χ2v) is 5.24. The minimum Gasteiger partial charge on any atom is -0.335 e. The molecule has 0 saturated heterocycles. The van der Waals surface area contributed by atoms with Crippen LogP contribution < -0.4 is 11.1 Å².